The predicted molar refractivity (Wildman–Crippen MR) is 95.4 cm³/mol. The minimum Gasteiger partial charge on any atom is -0.394 e. The van der Waals surface area contributed by atoms with Crippen LogP contribution in [0.2, 0.25) is 0 Å². The fourth-order valence-electron chi connectivity index (χ4n) is 1.90. The largest absolute Gasteiger partial charge is 0.394 e. The number of halogens is 1. The molecule has 6 nitrogen and oxygen atoms in total. The third kappa shape index (κ3) is 4.80. The molecule has 0 fully saturated rings. The fraction of sp³-hybridized carbons (Fsp3) is 0.188. The number of sulfonamides is 1. The van der Waals surface area contributed by atoms with Gasteiger partial charge in [0.2, 0.25) is 0 Å². The molecule has 0 aliphatic heterocycles. The lowest BCUT2D eigenvalue weighted by atomic mass is 10.2. The molecule has 0 unspecified atom stereocenters. The highest BCUT2D eigenvalue weighted by molar-refractivity contribution is 9.10. The first-order valence-corrected chi connectivity index (χ1v) is 9.39. The molecule has 0 spiro atoms. The molecule has 0 bridgehead atoms. The van der Waals surface area contributed by atoms with Gasteiger partial charge in [0.15, 0.2) is 0 Å². The third-order valence-corrected chi connectivity index (χ3v) is 5.08. The number of rotatable bonds is 6. The monoisotopic (exact) mass is 412 g/mol. The second-order valence-electron chi connectivity index (χ2n) is 5.20. The van der Waals surface area contributed by atoms with Crippen molar-refractivity contribution in [2.24, 2.45) is 0 Å². The maximum Gasteiger partial charge on any atom is 0.261 e. The SMILES string of the molecule is C[C@H](CO)NC(=O)c1cccc(NS(=O)(=O)c2ccc(Br)cc2)c1. The molecule has 3 N–H and O–H groups in total. The molecule has 0 aromatic heterocycles. The standard InChI is InChI=1S/C16H17BrN2O4S/c1-11(10-20)18-16(21)12-3-2-4-14(9-12)19-24(22,23)15-7-5-13(17)6-8-15/h2-9,11,19-20H,10H2,1H3,(H,18,21)/t11-/m1/s1. The van der Waals surface area contributed by atoms with E-state index in [2.05, 4.69) is 26.0 Å². The maximum absolute atomic E-state index is 12.4. The average Bonchev–Trinajstić information content (AvgIpc) is 2.55. The van der Waals surface area contributed by atoms with Crippen molar-refractivity contribution in [3.8, 4) is 0 Å². The Morgan fingerprint density at radius 3 is 2.50 bits per heavy atom. The van der Waals surface area contributed by atoms with E-state index in [0.717, 1.165) is 4.47 Å². The van der Waals surface area contributed by atoms with Gasteiger partial charge in [0.1, 0.15) is 0 Å². The number of hydrogen-bond acceptors (Lipinski definition) is 4. The van der Waals surface area contributed by atoms with Gasteiger partial charge in [0, 0.05) is 21.8 Å². The molecule has 2 rings (SSSR count). The first-order chi connectivity index (χ1) is 11.3. The Bertz CT molecular complexity index is 822. The van der Waals surface area contributed by atoms with Crippen molar-refractivity contribution >= 4 is 37.5 Å². The van der Waals surface area contributed by atoms with E-state index in [1.165, 1.54) is 18.2 Å². The van der Waals surface area contributed by atoms with Gasteiger partial charge in [0.05, 0.1) is 11.5 Å². The van der Waals surface area contributed by atoms with E-state index in [4.69, 9.17) is 5.11 Å². The molecule has 2 aromatic rings. The molecule has 24 heavy (non-hydrogen) atoms. The predicted octanol–water partition coefficient (Wildman–Crippen LogP) is 2.36. The topological polar surface area (TPSA) is 95.5 Å². The van der Waals surface area contributed by atoms with E-state index >= 15 is 0 Å². The van der Waals surface area contributed by atoms with Gasteiger partial charge >= 0.3 is 0 Å². The molecule has 0 saturated carbocycles. The molecule has 0 heterocycles. The van der Waals surface area contributed by atoms with Crippen LogP contribution < -0.4 is 10.0 Å². The minimum atomic E-state index is -3.74. The Hall–Kier alpha value is -1.90. The van der Waals surface area contributed by atoms with E-state index in [9.17, 15) is 13.2 Å². The summed E-state index contributed by atoms with van der Waals surface area (Å²) in [5.74, 6) is -0.388. The van der Waals surface area contributed by atoms with Gasteiger partial charge in [-0.15, -0.1) is 0 Å². The van der Waals surface area contributed by atoms with Crippen LogP contribution in [0.1, 0.15) is 17.3 Å². The van der Waals surface area contributed by atoms with Crippen LogP contribution in [-0.4, -0.2) is 32.1 Å². The van der Waals surface area contributed by atoms with E-state index in [-0.39, 0.29) is 29.1 Å². The molecule has 0 aliphatic carbocycles. The number of aliphatic hydroxyl groups excluding tert-OH is 1. The number of carbonyl (C=O) groups excluding carboxylic acids is 1. The number of amides is 1. The molecular weight excluding hydrogens is 396 g/mol. The van der Waals surface area contributed by atoms with Gasteiger partial charge in [-0.1, -0.05) is 22.0 Å². The molecular formula is C16H17BrN2O4S. The average molecular weight is 413 g/mol. The summed E-state index contributed by atoms with van der Waals surface area (Å²) in [5.41, 5.74) is 0.577. The molecule has 128 valence electrons. The van der Waals surface area contributed by atoms with Crippen LogP contribution in [0, 0.1) is 0 Å². The quantitative estimate of drug-likeness (QED) is 0.678. The fourth-order valence-corrected chi connectivity index (χ4v) is 3.22. The van der Waals surface area contributed by atoms with E-state index < -0.39 is 10.0 Å². The highest BCUT2D eigenvalue weighted by atomic mass is 79.9. The van der Waals surface area contributed by atoms with Crippen LogP contribution in [0.4, 0.5) is 5.69 Å². The molecule has 8 heteroatoms. The summed E-state index contributed by atoms with van der Waals surface area (Å²) < 4.78 is 27.9. The van der Waals surface area contributed by atoms with Crippen LogP contribution in [0.25, 0.3) is 0 Å². The van der Waals surface area contributed by atoms with Gasteiger partial charge in [-0.2, -0.15) is 0 Å². The van der Waals surface area contributed by atoms with Crippen molar-refractivity contribution in [2.75, 3.05) is 11.3 Å². The third-order valence-electron chi connectivity index (χ3n) is 3.15. The second-order valence-corrected chi connectivity index (χ2v) is 7.80. The van der Waals surface area contributed by atoms with Gasteiger partial charge in [0.25, 0.3) is 15.9 Å². The van der Waals surface area contributed by atoms with Gasteiger partial charge < -0.3 is 10.4 Å². The molecule has 0 saturated heterocycles. The zero-order valence-electron chi connectivity index (χ0n) is 12.9. The highest BCUT2D eigenvalue weighted by Crippen LogP contribution is 2.19. The number of nitrogens with one attached hydrogen (secondary N) is 2. The first kappa shape index (κ1) is 18.4. The first-order valence-electron chi connectivity index (χ1n) is 7.12. The zero-order chi connectivity index (χ0) is 17.7. The Balaban J connectivity index is 2.19. The summed E-state index contributed by atoms with van der Waals surface area (Å²) in [6.07, 6.45) is 0. The van der Waals surface area contributed by atoms with Crippen molar-refractivity contribution in [3.05, 3.63) is 58.6 Å². The van der Waals surface area contributed by atoms with Gasteiger partial charge in [-0.3, -0.25) is 9.52 Å². The smallest absolute Gasteiger partial charge is 0.261 e. The van der Waals surface area contributed by atoms with Crippen molar-refractivity contribution in [2.45, 2.75) is 17.9 Å². The molecule has 1 atom stereocenters. The summed E-state index contributed by atoms with van der Waals surface area (Å²) in [6.45, 7) is 1.49. The number of aliphatic hydroxyl groups is 1. The Morgan fingerprint density at radius 1 is 1.21 bits per heavy atom. The highest BCUT2D eigenvalue weighted by Gasteiger charge is 2.15. The van der Waals surface area contributed by atoms with Crippen LogP contribution in [0.15, 0.2) is 57.9 Å². The van der Waals surface area contributed by atoms with E-state index in [1.807, 2.05) is 0 Å². The van der Waals surface area contributed by atoms with Crippen molar-refractivity contribution in [1.29, 1.82) is 0 Å². The van der Waals surface area contributed by atoms with Crippen molar-refractivity contribution in [3.63, 3.8) is 0 Å². The Kier molecular flexibility index (Phi) is 5.98. The lowest BCUT2D eigenvalue weighted by Crippen LogP contribution is -2.35. The van der Waals surface area contributed by atoms with Gasteiger partial charge in [-0.05, 0) is 49.4 Å². The molecule has 1 amide bonds. The Morgan fingerprint density at radius 2 is 1.88 bits per heavy atom. The summed E-state index contributed by atoms with van der Waals surface area (Å²) in [7, 11) is -3.74. The molecule has 0 radical (unpaired) electrons. The summed E-state index contributed by atoms with van der Waals surface area (Å²) in [5, 5.41) is 11.6. The maximum atomic E-state index is 12.4. The zero-order valence-corrected chi connectivity index (χ0v) is 15.3. The minimum absolute atomic E-state index is 0.120. The normalized spacial score (nSPS) is 12.5. The number of anilines is 1. The summed E-state index contributed by atoms with van der Waals surface area (Å²) >= 11 is 3.25. The van der Waals surface area contributed by atoms with Crippen LogP contribution in [0.3, 0.4) is 0 Å². The van der Waals surface area contributed by atoms with Crippen LogP contribution in [0.5, 0.6) is 0 Å². The van der Waals surface area contributed by atoms with E-state index in [0.29, 0.717) is 5.56 Å². The number of benzene rings is 2. The van der Waals surface area contributed by atoms with E-state index in [1.54, 1.807) is 37.3 Å². The van der Waals surface area contributed by atoms with Crippen molar-refractivity contribution < 1.29 is 18.3 Å². The molecule has 2 aromatic carbocycles. The lowest BCUT2D eigenvalue weighted by Gasteiger charge is -2.12. The lowest BCUT2D eigenvalue weighted by molar-refractivity contribution is 0.0922. The molecule has 0 aliphatic rings. The Labute approximate surface area is 149 Å². The van der Waals surface area contributed by atoms with Crippen LogP contribution in [-0.2, 0) is 10.0 Å². The number of carbonyl (C=O) groups is 1. The van der Waals surface area contributed by atoms with Crippen molar-refractivity contribution in [1.82, 2.24) is 5.32 Å². The van der Waals surface area contributed by atoms with Crippen LogP contribution >= 0.6 is 15.9 Å². The second kappa shape index (κ2) is 7.78. The number of hydrogen-bond donors (Lipinski definition) is 3. The van der Waals surface area contributed by atoms with Gasteiger partial charge in [-0.25, -0.2) is 8.42 Å². The summed E-state index contributed by atoms with van der Waals surface area (Å²) in [4.78, 5) is 12.2. The summed E-state index contributed by atoms with van der Waals surface area (Å²) in [6, 6.07) is 12.0.